The molecule has 0 aliphatic carbocycles. The molecular weight excluding hydrogens is 298 g/mol. The highest BCUT2D eigenvalue weighted by molar-refractivity contribution is 7.14. The van der Waals surface area contributed by atoms with Crippen molar-refractivity contribution in [2.24, 2.45) is 0 Å². The molecule has 1 fully saturated rings. The summed E-state index contributed by atoms with van der Waals surface area (Å²) in [6, 6.07) is 4.21. The minimum absolute atomic E-state index is 0.282. The molecule has 0 radical (unpaired) electrons. The molecule has 1 N–H and O–H groups in total. The largest absolute Gasteiger partial charge is 0.462 e. The Balaban J connectivity index is 1.83. The molecule has 22 heavy (non-hydrogen) atoms. The van der Waals surface area contributed by atoms with Crippen molar-refractivity contribution >= 4 is 17.3 Å². The first-order chi connectivity index (χ1) is 10.6. The Morgan fingerprint density at radius 1 is 1.50 bits per heavy atom. The first-order valence-corrected chi connectivity index (χ1v) is 9.12. The number of esters is 1. The fraction of sp³-hybridized carbons (Fsp3) is 0.706. The second-order valence-corrected chi connectivity index (χ2v) is 7.14. The highest BCUT2D eigenvalue weighted by Gasteiger charge is 2.20. The molecule has 2 heterocycles. The molecule has 1 aliphatic rings. The lowest BCUT2D eigenvalue weighted by Gasteiger charge is -2.33. The van der Waals surface area contributed by atoms with Crippen LogP contribution in [0.15, 0.2) is 12.1 Å². The van der Waals surface area contributed by atoms with Crippen LogP contribution in [0.1, 0.15) is 66.6 Å². The van der Waals surface area contributed by atoms with Gasteiger partial charge in [0.1, 0.15) is 4.88 Å². The maximum atomic E-state index is 11.8. The Morgan fingerprint density at radius 2 is 2.32 bits per heavy atom. The number of aliphatic hydroxyl groups excluding tert-OH is 1. The van der Waals surface area contributed by atoms with Gasteiger partial charge >= 0.3 is 5.97 Å². The molecule has 124 valence electrons. The van der Waals surface area contributed by atoms with Crippen molar-refractivity contribution < 1.29 is 14.6 Å². The second kappa shape index (κ2) is 8.65. The van der Waals surface area contributed by atoms with Crippen molar-refractivity contribution in [3.05, 3.63) is 21.9 Å². The molecule has 2 rings (SSSR count). The van der Waals surface area contributed by atoms with Gasteiger partial charge in [0.2, 0.25) is 0 Å². The van der Waals surface area contributed by atoms with E-state index in [0.29, 0.717) is 23.9 Å². The third-order valence-electron chi connectivity index (χ3n) is 4.22. The highest BCUT2D eigenvalue weighted by Crippen LogP contribution is 2.27. The molecule has 0 bridgehead atoms. The third kappa shape index (κ3) is 4.80. The first kappa shape index (κ1) is 17.4. The molecule has 1 aromatic rings. The Hall–Kier alpha value is -0.910. The van der Waals surface area contributed by atoms with Crippen molar-refractivity contribution in [3.8, 4) is 0 Å². The predicted molar refractivity (Wildman–Crippen MR) is 89.4 cm³/mol. The summed E-state index contributed by atoms with van der Waals surface area (Å²) in [6.07, 6.45) is 4.87. The third-order valence-corrected chi connectivity index (χ3v) is 5.39. The molecule has 4 nitrogen and oxygen atoms in total. The number of hydrogen-bond acceptors (Lipinski definition) is 5. The summed E-state index contributed by atoms with van der Waals surface area (Å²) in [5.74, 6) is -0.282. The van der Waals surface area contributed by atoms with Crippen LogP contribution in [0.5, 0.6) is 0 Å². The van der Waals surface area contributed by atoms with Gasteiger partial charge in [0.05, 0.1) is 12.7 Å². The van der Waals surface area contributed by atoms with Crippen LogP contribution in [-0.4, -0.2) is 41.7 Å². The summed E-state index contributed by atoms with van der Waals surface area (Å²) in [5.41, 5.74) is 0. The van der Waals surface area contributed by atoms with Crippen LogP contribution in [-0.2, 0) is 4.74 Å². The van der Waals surface area contributed by atoms with Gasteiger partial charge in [0.25, 0.3) is 0 Å². The quantitative estimate of drug-likeness (QED) is 0.778. The van der Waals surface area contributed by atoms with E-state index in [2.05, 4.69) is 11.8 Å². The van der Waals surface area contributed by atoms with Crippen molar-refractivity contribution in [2.75, 3.05) is 19.7 Å². The lowest BCUT2D eigenvalue weighted by molar-refractivity contribution is 0.0511. The Morgan fingerprint density at radius 3 is 3.05 bits per heavy atom. The average molecular weight is 325 g/mol. The molecule has 1 saturated heterocycles. The fourth-order valence-electron chi connectivity index (χ4n) is 2.83. The van der Waals surface area contributed by atoms with Crippen molar-refractivity contribution in [1.82, 2.24) is 4.90 Å². The van der Waals surface area contributed by atoms with Crippen molar-refractivity contribution in [2.45, 2.75) is 58.1 Å². The van der Waals surface area contributed by atoms with E-state index in [4.69, 9.17) is 4.74 Å². The van der Waals surface area contributed by atoms with Crippen LogP contribution >= 0.6 is 11.3 Å². The maximum absolute atomic E-state index is 11.8. The summed E-state index contributed by atoms with van der Waals surface area (Å²) in [4.78, 5) is 15.7. The zero-order valence-corrected chi connectivity index (χ0v) is 14.4. The maximum Gasteiger partial charge on any atom is 0.348 e. The molecule has 1 aliphatic heterocycles. The summed E-state index contributed by atoms with van der Waals surface area (Å²) in [7, 11) is 0. The monoisotopic (exact) mass is 325 g/mol. The zero-order chi connectivity index (χ0) is 15.9. The molecule has 0 amide bonds. The number of ether oxygens (including phenoxy) is 1. The van der Waals surface area contributed by atoms with E-state index in [1.165, 1.54) is 30.6 Å². The Bertz CT molecular complexity index is 474. The van der Waals surface area contributed by atoms with E-state index in [9.17, 15) is 9.90 Å². The summed E-state index contributed by atoms with van der Waals surface area (Å²) >= 11 is 1.34. The summed E-state index contributed by atoms with van der Waals surface area (Å²) in [5, 5.41) is 10.3. The molecule has 0 aromatic carbocycles. The molecule has 5 heteroatoms. The summed E-state index contributed by atoms with van der Waals surface area (Å²) in [6.45, 7) is 6.72. The van der Waals surface area contributed by atoms with Crippen LogP contribution in [0, 0.1) is 0 Å². The van der Waals surface area contributed by atoms with E-state index in [0.717, 1.165) is 24.4 Å². The smallest absolute Gasteiger partial charge is 0.348 e. The van der Waals surface area contributed by atoms with Crippen LogP contribution in [0.2, 0.25) is 0 Å². The number of carbonyl (C=O) groups excluding carboxylic acids is 1. The van der Waals surface area contributed by atoms with Crippen LogP contribution < -0.4 is 0 Å². The van der Waals surface area contributed by atoms with E-state index in [1.807, 2.05) is 13.0 Å². The van der Waals surface area contributed by atoms with Gasteiger partial charge in [-0.3, -0.25) is 0 Å². The molecule has 1 aromatic heterocycles. The van der Waals surface area contributed by atoms with Crippen molar-refractivity contribution in [1.29, 1.82) is 0 Å². The van der Waals surface area contributed by atoms with Crippen molar-refractivity contribution in [3.63, 3.8) is 0 Å². The number of carbonyl (C=O) groups is 1. The molecular formula is C17H27NO3S. The van der Waals surface area contributed by atoms with Gasteiger partial charge in [-0.05, 0) is 51.3 Å². The normalized spacial score (nSPS) is 20.8. The van der Waals surface area contributed by atoms with Gasteiger partial charge in [0.15, 0.2) is 0 Å². The van der Waals surface area contributed by atoms with E-state index in [1.54, 1.807) is 6.07 Å². The van der Waals surface area contributed by atoms with Gasteiger partial charge < -0.3 is 14.7 Å². The topological polar surface area (TPSA) is 49.8 Å². The number of piperidine rings is 1. The summed E-state index contributed by atoms with van der Waals surface area (Å²) < 4.78 is 5.12. The standard InChI is InChI=1S/C17H27NO3S/c1-3-12-21-17(20)16-8-7-15(22-16)14(19)9-11-18-10-5-4-6-13(18)2/h7-8,13-14,19H,3-6,9-12H2,1-2H3. The fourth-order valence-corrected chi connectivity index (χ4v) is 3.75. The van der Waals surface area contributed by atoms with Gasteiger partial charge in [0, 0.05) is 17.5 Å². The minimum Gasteiger partial charge on any atom is -0.462 e. The Kier molecular flexibility index (Phi) is 6.86. The molecule has 0 saturated carbocycles. The highest BCUT2D eigenvalue weighted by atomic mass is 32.1. The lowest BCUT2D eigenvalue weighted by atomic mass is 10.0. The first-order valence-electron chi connectivity index (χ1n) is 8.30. The van der Waals surface area contributed by atoms with Crippen LogP contribution in [0.4, 0.5) is 0 Å². The van der Waals surface area contributed by atoms with E-state index >= 15 is 0 Å². The molecule has 2 unspecified atom stereocenters. The number of rotatable bonds is 7. The van der Waals surface area contributed by atoms with Gasteiger partial charge in [-0.2, -0.15) is 0 Å². The average Bonchev–Trinajstić information content (AvgIpc) is 3.01. The number of aliphatic hydroxyl groups is 1. The van der Waals surface area contributed by atoms with E-state index < -0.39 is 6.10 Å². The van der Waals surface area contributed by atoms with Gasteiger partial charge in [-0.15, -0.1) is 11.3 Å². The predicted octanol–water partition coefficient (Wildman–Crippen LogP) is 3.61. The number of nitrogens with zero attached hydrogens (tertiary/aromatic N) is 1. The number of likely N-dealkylation sites (tertiary alicyclic amines) is 1. The SMILES string of the molecule is CCCOC(=O)c1ccc(C(O)CCN2CCCCC2C)s1. The zero-order valence-electron chi connectivity index (χ0n) is 13.6. The van der Waals surface area contributed by atoms with Gasteiger partial charge in [-0.25, -0.2) is 4.79 Å². The Labute approximate surface area is 137 Å². The lowest BCUT2D eigenvalue weighted by Crippen LogP contribution is -2.38. The molecule has 0 spiro atoms. The van der Waals surface area contributed by atoms with E-state index in [-0.39, 0.29) is 5.97 Å². The molecule has 2 atom stereocenters. The number of hydrogen-bond donors (Lipinski definition) is 1. The minimum atomic E-state index is -0.494. The number of thiophene rings is 1. The van der Waals surface area contributed by atoms with Crippen LogP contribution in [0.3, 0.4) is 0 Å². The van der Waals surface area contributed by atoms with Crippen LogP contribution in [0.25, 0.3) is 0 Å². The van der Waals surface area contributed by atoms with Gasteiger partial charge in [-0.1, -0.05) is 13.3 Å². The second-order valence-electron chi connectivity index (χ2n) is 6.02.